The molecule has 0 aliphatic heterocycles. The van der Waals surface area contributed by atoms with E-state index in [1.165, 1.54) is 25.7 Å². The average molecular weight is 227 g/mol. The largest absolute Gasteiger partial charge is 0.396 e. The summed E-state index contributed by atoms with van der Waals surface area (Å²) in [6.07, 6.45) is 7.70. The topological polar surface area (TPSA) is 32.3 Å². The minimum atomic E-state index is 0.316. The lowest BCUT2D eigenvalue weighted by molar-refractivity contribution is 0.219. The van der Waals surface area contributed by atoms with Gasteiger partial charge in [0.15, 0.2) is 0 Å². The third-order valence-electron chi connectivity index (χ3n) is 3.85. The van der Waals surface area contributed by atoms with Crippen molar-refractivity contribution in [3.05, 3.63) is 0 Å². The van der Waals surface area contributed by atoms with Gasteiger partial charge in [-0.2, -0.15) is 0 Å². The Hall–Kier alpha value is -0.0800. The molecule has 0 spiro atoms. The normalized spacial score (nSPS) is 19.5. The Balaban J connectivity index is 2.10. The Labute approximate surface area is 101 Å². The van der Waals surface area contributed by atoms with Gasteiger partial charge in [0.2, 0.25) is 0 Å². The molecule has 0 radical (unpaired) electrons. The van der Waals surface area contributed by atoms with Gasteiger partial charge >= 0.3 is 0 Å². The number of rotatable bonds is 8. The summed E-state index contributed by atoms with van der Waals surface area (Å²) in [5.74, 6) is 0.989. The summed E-state index contributed by atoms with van der Waals surface area (Å²) in [7, 11) is 0. The molecule has 96 valence electrons. The minimum absolute atomic E-state index is 0.316. The van der Waals surface area contributed by atoms with Gasteiger partial charge in [0.1, 0.15) is 0 Å². The highest BCUT2D eigenvalue weighted by atomic mass is 16.2. The summed E-state index contributed by atoms with van der Waals surface area (Å²) in [6, 6.07) is 0.652. The van der Waals surface area contributed by atoms with Crippen LogP contribution in [0.15, 0.2) is 0 Å². The lowest BCUT2D eigenvalue weighted by Gasteiger charge is -2.31. The van der Waals surface area contributed by atoms with Crippen LogP contribution in [0.3, 0.4) is 0 Å². The van der Waals surface area contributed by atoms with E-state index < -0.39 is 0 Å². The molecule has 1 aliphatic rings. The van der Waals surface area contributed by atoms with Crippen LogP contribution in [0.2, 0.25) is 0 Å². The van der Waals surface area contributed by atoms with Gasteiger partial charge in [0.05, 0.1) is 0 Å². The minimum Gasteiger partial charge on any atom is -0.396 e. The Morgan fingerprint density at radius 3 is 2.56 bits per heavy atom. The van der Waals surface area contributed by atoms with Crippen LogP contribution < -0.4 is 5.32 Å². The smallest absolute Gasteiger partial charge is 0.0431 e. The van der Waals surface area contributed by atoms with Gasteiger partial charge in [-0.15, -0.1) is 0 Å². The zero-order valence-electron chi connectivity index (χ0n) is 11.3. The molecule has 16 heavy (non-hydrogen) atoms. The van der Waals surface area contributed by atoms with Crippen molar-refractivity contribution in [2.75, 3.05) is 13.2 Å². The molecule has 2 N–H and O–H groups in total. The second kappa shape index (κ2) is 6.61. The fourth-order valence-corrected chi connectivity index (χ4v) is 2.41. The SMILES string of the molecule is CC(CC1CCC1)NCC(C)(C)CCCO. The molecule has 0 aromatic rings. The van der Waals surface area contributed by atoms with E-state index >= 15 is 0 Å². The van der Waals surface area contributed by atoms with E-state index in [4.69, 9.17) is 5.11 Å². The summed E-state index contributed by atoms with van der Waals surface area (Å²) in [6.45, 7) is 8.26. The zero-order valence-corrected chi connectivity index (χ0v) is 11.3. The first kappa shape index (κ1) is 14.0. The van der Waals surface area contributed by atoms with Gasteiger partial charge in [-0.1, -0.05) is 33.1 Å². The molecule has 1 unspecified atom stereocenters. The highest BCUT2D eigenvalue weighted by Crippen LogP contribution is 2.30. The first-order valence-electron chi connectivity index (χ1n) is 6.88. The Morgan fingerprint density at radius 1 is 1.38 bits per heavy atom. The van der Waals surface area contributed by atoms with Crippen LogP contribution in [0.1, 0.15) is 59.3 Å². The van der Waals surface area contributed by atoms with Crippen LogP contribution in [0.25, 0.3) is 0 Å². The van der Waals surface area contributed by atoms with Gasteiger partial charge in [-0.05, 0) is 37.5 Å². The molecule has 2 nitrogen and oxygen atoms in total. The molecule has 1 fully saturated rings. The molecule has 2 heteroatoms. The second-order valence-corrected chi connectivity index (χ2v) is 6.31. The fraction of sp³-hybridized carbons (Fsp3) is 1.00. The molecular weight excluding hydrogens is 198 g/mol. The first-order chi connectivity index (χ1) is 7.53. The van der Waals surface area contributed by atoms with Crippen molar-refractivity contribution in [3.63, 3.8) is 0 Å². The fourth-order valence-electron chi connectivity index (χ4n) is 2.41. The summed E-state index contributed by atoms with van der Waals surface area (Å²) in [5, 5.41) is 12.5. The highest BCUT2D eigenvalue weighted by Gasteiger charge is 2.22. The maximum absolute atomic E-state index is 8.85. The van der Waals surface area contributed by atoms with Gasteiger partial charge in [-0.25, -0.2) is 0 Å². The van der Waals surface area contributed by atoms with Gasteiger partial charge in [0, 0.05) is 19.2 Å². The van der Waals surface area contributed by atoms with Crippen LogP contribution in [0, 0.1) is 11.3 Å². The summed E-state index contributed by atoms with van der Waals surface area (Å²) in [5.41, 5.74) is 0.316. The number of hydrogen-bond donors (Lipinski definition) is 2. The third-order valence-corrected chi connectivity index (χ3v) is 3.85. The van der Waals surface area contributed by atoms with Crippen LogP contribution in [0.5, 0.6) is 0 Å². The zero-order chi connectivity index (χ0) is 12.0. The van der Waals surface area contributed by atoms with E-state index in [1.807, 2.05) is 0 Å². The van der Waals surface area contributed by atoms with Crippen molar-refractivity contribution < 1.29 is 5.11 Å². The number of aliphatic hydroxyl groups is 1. The highest BCUT2D eigenvalue weighted by molar-refractivity contribution is 4.78. The van der Waals surface area contributed by atoms with E-state index in [0.29, 0.717) is 18.1 Å². The first-order valence-corrected chi connectivity index (χ1v) is 6.88. The second-order valence-electron chi connectivity index (χ2n) is 6.31. The molecule has 0 heterocycles. The van der Waals surface area contributed by atoms with E-state index in [0.717, 1.165) is 25.3 Å². The summed E-state index contributed by atoms with van der Waals surface area (Å²) >= 11 is 0. The molecule has 1 atom stereocenters. The van der Waals surface area contributed by atoms with Crippen LogP contribution in [0.4, 0.5) is 0 Å². The molecule has 1 saturated carbocycles. The molecule has 1 aliphatic carbocycles. The lowest BCUT2D eigenvalue weighted by atomic mass is 9.81. The molecule has 0 aromatic carbocycles. The van der Waals surface area contributed by atoms with Crippen LogP contribution in [-0.4, -0.2) is 24.3 Å². The van der Waals surface area contributed by atoms with Crippen molar-refractivity contribution in [3.8, 4) is 0 Å². The molecule has 1 rings (SSSR count). The maximum Gasteiger partial charge on any atom is 0.0431 e. The molecule has 0 bridgehead atoms. The monoisotopic (exact) mass is 227 g/mol. The Morgan fingerprint density at radius 2 is 2.06 bits per heavy atom. The van der Waals surface area contributed by atoms with E-state index in [2.05, 4.69) is 26.1 Å². The van der Waals surface area contributed by atoms with Crippen LogP contribution in [-0.2, 0) is 0 Å². The third kappa shape index (κ3) is 5.31. The predicted molar refractivity (Wildman–Crippen MR) is 69.5 cm³/mol. The van der Waals surface area contributed by atoms with Crippen molar-refractivity contribution in [1.29, 1.82) is 0 Å². The molecular formula is C14H29NO. The molecule has 0 aromatic heterocycles. The van der Waals surface area contributed by atoms with Crippen molar-refractivity contribution in [2.24, 2.45) is 11.3 Å². The Bertz CT molecular complexity index is 187. The van der Waals surface area contributed by atoms with Gasteiger partial charge < -0.3 is 10.4 Å². The quantitative estimate of drug-likeness (QED) is 0.668. The van der Waals surface area contributed by atoms with Crippen LogP contribution >= 0.6 is 0 Å². The number of aliphatic hydroxyl groups excluding tert-OH is 1. The Kier molecular flexibility index (Phi) is 5.77. The summed E-state index contributed by atoms with van der Waals surface area (Å²) in [4.78, 5) is 0. The van der Waals surface area contributed by atoms with Crippen molar-refractivity contribution >= 4 is 0 Å². The number of nitrogens with one attached hydrogen (secondary N) is 1. The standard InChI is InChI=1S/C14H29NO/c1-12(10-13-6-4-7-13)15-11-14(2,3)8-5-9-16/h12-13,15-16H,4-11H2,1-3H3. The number of hydrogen-bond acceptors (Lipinski definition) is 2. The maximum atomic E-state index is 8.85. The van der Waals surface area contributed by atoms with Crippen molar-refractivity contribution in [1.82, 2.24) is 5.32 Å². The van der Waals surface area contributed by atoms with E-state index in [9.17, 15) is 0 Å². The lowest BCUT2D eigenvalue weighted by Crippen LogP contribution is -2.37. The van der Waals surface area contributed by atoms with E-state index in [-0.39, 0.29) is 0 Å². The van der Waals surface area contributed by atoms with Crippen molar-refractivity contribution in [2.45, 2.75) is 65.3 Å². The average Bonchev–Trinajstić information content (AvgIpc) is 2.18. The summed E-state index contributed by atoms with van der Waals surface area (Å²) < 4.78 is 0. The van der Waals surface area contributed by atoms with E-state index in [1.54, 1.807) is 0 Å². The molecule has 0 saturated heterocycles. The molecule has 0 amide bonds. The predicted octanol–water partition coefficient (Wildman–Crippen LogP) is 2.95. The van der Waals surface area contributed by atoms with Gasteiger partial charge in [0.25, 0.3) is 0 Å². The van der Waals surface area contributed by atoms with Gasteiger partial charge in [-0.3, -0.25) is 0 Å².